The Kier molecular flexibility index (Phi) is 7.61. The number of nitrogens with one attached hydrogen (secondary N) is 1. The zero-order chi connectivity index (χ0) is 18.8. The number of hydrogen-bond donors (Lipinski definition) is 1. The minimum absolute atomic E-state index is 0.118. The number of ether oxygens (including phenoxy) is 1. The number of benzene rings is 2. The molecule has 0 aliphatic rings. The van der Waals surface area contributed by atoms with E-state index in [-0.39, 0.29) is 12.3 Å². The highest BCUT2D eigenvalue weighted by Crippen LogP contribution is 2.31. The molecular formula is C20H25N3O3. The standard InChI is InChI=1S/C20H25N3O3/c1-3-5-9-14-26-19-13-12-17(16-10-7-6-8-11-16)15-18(19)21-22-20(4-2)23(24)25/h6-8,10-13,15,21H,3-5,9,14H2,1-2H3/b22-20-. The van der Waals surface area contributed by atoms with Crippen LogP contribution in [0.15, 0.2) is 53.6 Å². The highest BCUT2D eigenvalue weighted by atomic mass is 16.6. The maximum Gasteiger partial charge on any atom is 0.363 e. The molecular weight excluding hydrogens is 330 g/mol. The first kappa shape index (κ1) is 19.4. The average molecular weight is 355 g/mol. The van der Waals surface area contributed by atoms with Gasteiger partial charge in [0.15, 0.2) is 0 Å². The lowest BCUT2D eigenvalue weighted by atomic mass is 10.0. The van der Waals surface area contributed by atoms with Crippen LogP contribution in [0.25, 0.3) is 11.1 Å². The van der Waals surface area contributed by atoms with Crippen molar-refractivity contribution in [3.8, 4) is 16.9 Å². The summed E-state index contributed by atoms with van der Waals surface area (Å²) in [7, 11) is 0. The zero-order valence-corrected chi connectivity index (χ0v) is 15.3. The Morgan fingerprint density at radius 2 is 1.88 bits per heavy atom. The highest BCUT2D eigenvalue weighted by molar-refractivity contribution is 5.76. The zero-order valence-electron chi connectivity index (χ0n) is 15.3. The number of nitrogens with zero attached hydrogens (tertiary/aromatic N) is 2. The van der Waals surface area contributed by atoms with E-state index in [9.17, 15) is 10.1 Å². The predicted octanol–water partition coefficient (Wildman–Crippen LogP) is 5.33. The minimum atomic E-state index is -0.476. The van der Waals surface area contributed by atoms with Gasteiger partial charge in [-0.3, -0.25) is 0 Å². The van der Waals surface area contributed by atoms with Crippen molar-refractivity contribution in [3.05, 3.63) is 58.6 Å². The Labute approximate surface area is 154 Å². The van der Waals surface area contributed by atoms with Crippen LogP contribution in [0, 0.1) is 10.1 Å². The fourth-order valence-electron chi connectivity index (χ4n) is 2.46. The molecule has 0 saturated heterocycles. The van der Waals surface area contributed by atoms with Crippen LogP contribution in [0.3, 0.4) is 0 Å². The Bertz CT molecular complexity index is 745. The molecule has 0 amide bonds. The summed E-state index contributed by atoms with van der Waals surface area (Å²) in [6.45, 7) is 4.44. The third-order valence-corrected chi connectivity index (χ3v) is 3.92. The molecule has 0 bridgehead atoms. The van der Waals surface area contributed by atoms with E-state index in [2.05, 4.69) is 17.5 Å². The van der Waals surface area contributed by atoms with Gasteiger partial charge in [-0.05, 0) is 34.6 Å². The molecule has 138 valence electrons. The van der Waals surface area contributed by atoms with E-state index in [0.717, 1.165) is 30.4 Å². The van der Waals surface area contributed by atoms with Gasteiger partial charge < -0.3 is 14.9 Å². The van der Waals surface area contributed by atoms with Gasteiger partial charge in [-0.25, -0.2) is 0 Å². The van der Waals surface area contributed by atoms with Crippen LogP contribution in [-0.4, -0.2) is 17.4 Å². The molecule has 2 aromatic rings. The first-order valence-corrected chi connectivity index (χ1v) is 8.95. The van der Waals surface area contributed by atoms with Gasteiger partial charge in [0, 0.05) is 0 Å². The number of anilines is 1. The Morgan fingerprint density at radius 3 is 2.54 bits per heavy atom. The van der Waals surface area contributed by atoms with Crippen LogP contribution in [0.2, 0.25) is 0 Å². The van der Waals surface area contributed by atoms with Crippen molar-refractivity contribution in [3.63, 3.8) is 0 Å². The van der Waals surface area contributed by atoms with Crippen LogP contribution in [0.5, 0.6) is 5.75 Å². The van der Waals surface area contributed by atoms with E-state index in [0.29, 0.717) is 18.0 Å². The topological polar surface area (TPSA) is 76.8 Å². The van der Waals surface area contributed by atoms with Gasteiger partial charge in [0.25, 0.3) is 0 Å². The maximum atomic E-state index is 11.0. The number of hydrogen-bond acceptors (Lipinski definition) is 5. The molecule has 1 N–H and O–H groups in total. The van der Waals surface area contributed by atoms with E-state index >= 15 is 0 Å². The third-order valence-electron chi connectivity index (χ3n) is 3.92. The van der Waals surface area contributed by atoms with Crippen LogP contribution < -0.4 is 10.2 Å². The number of amidine groups is 1. The quantitative estimate of drug-likeness (QED) is 0.217. The van der Waals surface area contributed by atoms with Crippen LogP contribution in [-0.2, 0) is 0 Å². The van der Waals surface area contributed by atoms with Gasteiger partial charge in [-0.2, -0.15) is 5.43 Å². The molecule has 0 atom stereocenters. The molecule has 0 aliphatic heterocycles. The molecule has 0 unspecified atom stereocenters. The smallest absolute Gasteiger partial charge is 0.363 e. The second-order valence-electron chi connectivity index (χ2n) is 5.88. The number of hydrazone groups is 1. The third kappa shape index (κ3) is 5.58. The Hall–Kier alpha value is -2.89. The second kappa shape index (κ2) is 10.2. The summed E-state index contributed by atoms with van der Waals surface area (Å²) in [5.41, 5.74) is 5.49. The van der Waals surface area contributed by atoms with E-state index < -0.39 is 4.92 Å². The molecule has 0 aliphatic carbocycles. The lowest BCUT2D eigenvalue weighted by molar-refractivity contribution is -0.353. The molecule has 2 rings (SSSR count). The molecule has 0 radical (unpaired) electrons. The van der Waals surface area contributed by atoms with Crippen molar-refractivity contribution >= 4 is 11.5 Å². The second-order valence-corrected chi connectivity index (χ2v) is 5.88. The maximum absolute atomic E-state index is 11.0. The molecule has 0 heterocycles. The monoisotopic (exact) mass is 355 g/mol. The molecule has 0 fully saturated rings. The molecule has 6 nitrogen and oxygen atoms in total. The van der Waals surface area contributed by atoms with Crippen molar-refractivity contribution in [2.45, 2.75) is 39.5 Å². The van der Waals surface area contributed by atoms with E-state index in [1.807, 2.05) is 48.5 Å². The Balaban J connectivity index is 2.27. The molecule has 0 spiro atoms. The van der Waals surface area contributed by atoms with Crippen molar-refractivity contribution in [1.82, 2.24) is 0 Å². The minimum Gasteiger partial charge on any atom is -0.491 e. The van der Waals surface area contributed by atoms with Crippen molar-refractivity contribution in [2.24, 2.45) is 5.10 Å². The number of unbranched alkanes of at least 4 members (excludes halogenated alkanes) is 2. The van der Waals surface area contributed by atoms with E-state index in [1.165, 1.54) is 0 Å². The van der Waals surface area contributed by atoms with Crippen LogP contribution in [0.4, 0.5) is 5.69 Å². The first-order valence-electron chi connectivity index (χ1n) is 8.95. The number of rotatable bonds is 9. The largest absolute Gasteiger partial charge is 0.491 e. The van der Waals surface area contributed by atoms with Gasteiger partial charge in [-0.15, -0.1) is 0 Å². The Morgan fingerprint density at radius 1 is 1.12 bits per heavy atom. The van der Waals surface area contributed by atoms with Gasteiger partial charge in [-0.1, -0.05) is 63.1 Å². The van der Waals surface area contributed by atoms with Crippen molar-refractivity contribution < 1.29 is 9.66 Å². The van der Waals surface area contributed by atoms with E-state index in [4.69, 9.17) is 4.74 Å². The highest BCUT2D eigenvalue weighted by Gasteiger charge is 2.12. The molecule has 2 aromatic carbocycles. The summed E-state index contributed by atoms with van der Waals surface area (Å²) < 4.78 is 5.85. The predicted molar refractivity (Wildman–Crippen MR) is 105 cm³/mol. The summed E-state index contributed by atoms with van der Waals surface area (Å²) in [6, 6.07) is 15.7. The summed E-state index contributed by atoms with van der Waals surface area (Å²) in [6.07, 6.45) is 3.43. The van der Waals surface area contributed by atoms with Gasteiger partial charge in [0.1, 0.15) is 11.4 Å². The SMILES string of the molecule is CCCCCOc1ccc(-c2ccccc2)cc1N/N=C(/CC)[N+](=O)[O-]. The summed E-state index contributed by atoms with van der Waals surface area (Å²) in [4.78, 5) is 10.5. The number of nitro groups is 1. The molecule has 0 aromatic heterocycles. The molecule has 6 heteroatoms. The summed E-state index contributed by atoms with van der Waals surface area (Å²) in [5, 5.41) is 14.9. The normalized spacial score (nSPS) is 11.2. The molecule has 0 saturated carbocycles. The summed E-state index contributed by atoms with van der Waals surface area (Å²) in [5.74, 6) is 0.524. The average Bonchev–Trinajstić information content (AvgIpc) is 2.67. The summed E-state index contributed by atoms with van der Waals surface area (Å²) >= 11 is 0. The lowest BCUT2D eigenvalue weighted by Crippen LogP contribution is -2.12. The first-order chi connectivity index (χ1) is 12.7. The molecule has 26 heavy (non-hydrogen) atoms. The van der Waals surface area contributed by atoms with E-state index in [1.54, 1.807) is 6.92 Å². The fourth-order valence-corrected chi connectivity index (χ4v) is 2.46. The van der Waals surface area contributed by atoms with Crippen LogP contribution in [0.1, 0.15) is 39.5 Å². The van der Waals surface area contributed by atoms with Crippen LogP contribution >= 0.6 is 0 Å². The van der Waals surface area contributed by atoms with Gasteiger partial charge in [0.05, 0.1) is 18.1 Å². The lowest BCUT2D eigenvalue weighted by Gasteiger charge is -2.11. The fraction of sp³-hybridized carbons (Fsp3) is 0.350. The van der Waals surface area contributed by atoms with Gasteiger partial charge in [0.2, 0.25) is 0 Å². The van der Waals surface area contributed by atoms with Crippen molar-refractivity contribution in [2.75, 3.05) is 12.0 Å². The van der Waals surface area contributed by atoms with Gasteiger partial charge >= 0.3 is 5.84 Å². The van der Waals surface area contributed by atoms with Crippen molar-refractivity contribution in [1.29, 1.82) is 0 Å².